The molecule has 166 valence electrons. The fraction of sp³-hybridized carbons (Fsp3) is 0.111. The number of methoxy groups -OCH3 is 2. The maximum atomic E-state index is 12.6. The molecule has 0 radical (unpaired) electrons. The van der Waals surface area contributed by atoms with Crippen LogP contribution in [0.4, 0.5) is 5.69 Å². The van der Waals surface area contributed by atoms with Crippen molar-refractivity contribution in [3.63, 3.8) is 0 Å². The molecule has 0 aliphatic rings. The summed E-state index contributed by atoms with van der Waals surface area (Å²) in [5.41, 5.74) is 5.07. The number of aryl methyl sites for hydroxylation is 1. The van der Waals surface area contributed by atoms with Crippen LogP contribution in [0.1, 0.15) is 11.1 Å². The van der Waals surface area contributed by atoms with E-state index in [1.165, 1.54) is 6.08 Å². The van der Waals surface area contributed by atoms with E-state index in [9.17, 15) is 4.79 Å². The fourth-order valence-corrected chi connectivity index (χ4v) is 3.48. The lowest BCUT2D eigenvalue weighted by Crippen LogP contribution is -2.08. The molecular formula is C27H25N3O3. The average Bonchev–Trinajstić information content (AvgIpc) is 3.28. The van der Waals surface area contributed by atoms with Crippen LogP contribution in [0.25, 0.3) is 23.0 Å². The van der Waals surface area contributed by atoms with Crippen LogP contribution in [0.5, 0.6) is 11.5 Å². The predicted octanol–water partition coefficient (Wildman–Crippen LogP) is 5.52. The van der Waals surface area contributed by atoms with Gasteiger partial charge in [-0.3, -0.25) is 4.79 Å². The number of benzene rings is 3. The fourth-order valence-electron chi connectivity index (χ4n) is 3.48. The normalized spacial score (nSPS) is 10.9. The number of hydrogen-bond acceptors (Lipinski definition) is 4. The number of ether oxygens (including phenoxy) is 2. The largest absolute Gasteiger partial charge is 0.493 e. The molecule has 1 N–H and O–H groups in total. The van der Waals surface area contributed by atoms with E-state index < -0.39 is 0 Å². The number of para-hydroxylation sites is 2. The smallest absolute Gasteiger partial charge is 0.248 e. The van der Waals surface area contributed by atoms with Crippen molar-refractivity contribution < 1.29 is 14.3 Å². The van der Waals surface area contributed by atoms with Crippen molar-refractivity contribution in [2.45, 2.75) is 6.92 Å². The Morgan fingerprint density at radius 3 is 2.39 bits per heavy atom. The third kappa shape index (κ3) is 4.96. The first kappa shape index (κ1) is 21.9. The topological polar surface area (TPSA) is 65.4 Å². The molecule has 0 fully saturated rings. The highest BCUT2D eigenvalue weighted by Crippen LogP contribution is 2.33. The molecule has 1 aromatic heterocycles. The number of hydrogen-bond donors (Lipinski definition) is 1. The highest BCUT2D eigenvalue weighted by molar-refractivity contribution is 6.02. The molecule has 33 heavy (non-hydrogen) atoms. The molecule has 0 spiro atoms. The summed E-state index contributed by atoms with van der Waals surface area (Å²) in [6.45, 7) is 1.96. The van der Waals surface area contributed by atoms with Gasteiger partial charge in [0.2, 0.25) is 5.91 Å². The number of carbonyl (C=O) groups is 1. The van der Waals surface area contributed by atoms with E-state index in [0.717, 1.165) is 33.8 Å². The van der Waals surface area contributed by atoms with Crippen LogP contribution in [-0.4, -0.2) is 29.9 Å². The minimum atomic E-state index is -0.213. The van der Waals surface area contributed by atoms with Crippen molar-refractivity contribution in [3.05, 3.63) is 96.2 Å². The number of nitrogens with one attached hydrogen (secondary N) is 1. The van der Waals surface area contributed by atoms with Crippen molar-refractivity contribution in [2.75, 3.05) is 19.5 Å². The summed E-state index contributed by atoms with van der Waals surface area (Å²) in [7, 11) is 3.20. The highest BCUT2D eigenvalue weighted by Gasteiger charge is 2.14. The number of amides is 1. The molecule has 6 heteroatoms. The van der Waals surface area contributed by atoms with Gasteiger partial charge in [0.25, 0.3) is 0 Å². The van der Waals surface area contributed by atoms with Crippen LogP contribution in [0, 0.1) is 6.92 Å². The third-order valence-corrected chi connectivity index (χ3v) is 5.24. The van der Waals surface area contributed by atoms with Crippen LogP contribution < -0.4 is 14.8 Å². The second-order valence-corrected chi connectivity index (χ2v) is 7.42. The molecule has 0 aliphatic heterocycles. The van der Waals surface area contributed by atoms with Crippen molar-refractivity contribution in [2.24, 2.45) is 0 Å². The van der Waals surface area contributed by atoms with Gasteiger partial charge in [0, 0.05) is 29.1 Å². The van der Waals surface area contributed by atoms with E-state index in [4.69, 9.17) is 14.6 Å². The summed E-state index contributed by atoms with van der Waals surface area (Å²) in [6.07, 6.45) is 5.19. The summed E-state index contributed by atoms with van der Waals surface area (Å²) in [4.78, 5) is 12.6. The van der Waals surface area contributed by atoms with Crippen molar-refractivity contribution in [1.82, 2.24) is 9.78 Å². The van der Waals surface area contributed by atoms with Crippen LogP contribution in [0.3, 0.4) is 0 Å². The molecular weight excluding hydrogens is 414 g/mol. The summed E-state index contributed by atoms with van der Waals surface area (Å²) in [5.74, 6) is 1.03. The first-order chi connectivity index (χ1) is 16.1. The molecule has 0 atom stereocenters. The monoisotopic (exact) mass is 439 g/mol. The van der Waals surface area contributed by atoms with Crippen molar-refractivity contribution >= 4 is 17.7 Å². The minimum Gasteiger partial charge on any atom is -0.493 e. The average molecular weight is 440 g/mol. The van der Waals surface area contributed by atoms with Crippen LogP contribution in [0.15, 0.2) is 85.1 Å². The number of aromatic nitrogens is 2. The lowest BCUT2D eigenvalue weighted by Gasteiger charge is -2.09. The number of anilines is 1. The number of carbonyl (C=O) groups excluding carboxylic acids is 1. The predicted molar refractivity (Wildman–Crippen MR) is 131 cm³/mol. The van der Waals surface area contributed by atoms with E-state index in [-0.39, 0.29) is 5.91 Å². The molecule has 6 nitrogen and oxygen atoms in total. The van der Waals surface area contributed by atoms with Crippen LogP contribution in [-0.2, 0) is 4.79 Å². The maximum Gasteiger partial charge on any atom is 0.248 e. The Labute approximate surface area is 193 Å². The van der Waals surface area contributed by atoms with Gasteiger partial charge in [-0.1, -0.05) is 36.4 Å². The first-order valence-electron chi connectivity index (χ1n) is 10.5. The van der Waals surface area contributed by atoms with E-state index in [1.807, 2.05) is 85.9 Å². The lowest BCUT2D eigenvalue weighted by atomic mass is 10.1. The molecule has 0 saturated carbocycles. The Hall–Kier alpha value is -4.32. The second-order valence-electron chi connectivity index (χ2n) is 7.42. The van der Waals surface area contributed by atoms with Gasteiger partial charge in [-0.2, -0.15) is 5.10 Å². The van der Waals surface area contributed by atoms with E-state index in [1.54, 1.807) is 25.0 Å². The number of nitrogens with zero attached hydrogens (tertiary/aromatic N) is 2. The molecule has 0 aliphatic carbocycles. The van der Waals surface area contributed by atoms with Gasteiger partial charge in [0.15, 0.2) is 11.5 Å². The molecule has 0 saturated heterocycles. The Kier molecular flexibility index (Phi) is 6.55. The van der Waals surface area contributed by atoms with Crippen molar-refractivity contribution in [3.8, 4) is 28.4 Å². The van der Waals surface area contributed by atoms with E-state index in [0.29, 0.717) is 11.5 Å². The van der Waals surface area contributed by atoms with Gasteiger partial charge in [-0.05, 0) is 55.0 Å². The van der Waals surface area contributed by atoms with Gasteiger partial charge in [-0.25, -0.2) is 4.68 Å². The molecule has 1 heterocycles. The van der Waals surface area contributed by atoms with Crippen molar-refractivity contribution in [1.29, 1.82) is 0 Å². The zero-order chi connectivity index (χ0) is 23.2. The molecule has 0 bridgehead atoms. The summed E-state index contributed by atoms with van der Waals surface area (Å²) in [6, 6.07) is 23.1. The zero-order valence-corrected chi connectivity index (χ0v) is 18.8. The van der Waals surface area contributed by atoms with E-state index in [2.05, 4.69) is 5.32 Å². The molecule has 1 amide bonds. The standard InChI is InChI=1S/C27H25N3O3/c1-19-9-7-8-12-23(19)28-26(31)16-14-21-18-30(22-10-5-4-6-11-22)29-27(21)20-13-15-24(32-2)25(17-20)33-3/h4-18H,1-3H3,(H,28,31)/b16-14+. The van der Waals surface area contributed by atoms with Crippen LogP contribution >= 0.6 is 0 Å². The van der Waals surface area contributed by atoms with Gasteiger partial charge in [-0.15, -0.1) is 0 Å². The van der Waals surface area contributed by atoms with Gasteiger partial charge in [0.05, 0.1) is 19.9 Å². The summed E-state index contributed by atoms with van der Waals surface area (Å²) in [5, 5.41) is 7.72. The van der Waals surface area contributed by atoms with Crippen LogP contribution in [0.2, 0.25) is 0 Å². The summed E-state index contributed by atoms with van der Waals surface area (Å²) < 4.78 is 12.6. The maximum absolute atomic E-state index is 12.6. The van der Waals surface area contributed by atoms with Gasteiger partial charge in [0.1, 0.15) is 5.69 Å². The van der Waals surface area contributed by atoms with Gasteiger partial charge < -0.3 is 14.8 Å². The Morgan fingerprint density at radius 2 is 1.67 bits per heavy atom. The first-order valence-corrected chi connectivity index (χ1v) is 10.5. The quantitative estimate of drug-likeness (QED) is 0.385. The second kappa shape index (κ2) is 9.87. The Bertz CT molecular complexity index is 1290. The highest BCUT2D eigenvalue weighted by atomic mass is 16.5. The molecule has 4 rings (SSSR count). The zero-order valence-electron chi connectivity index (χ0n) is 18.8. The molecule has 4 aromatic rings. The minimum absolute atomic E-state index is 0.213. The summed E-state index contributed by atoms with van der Waals surface area (Å²) >= 11 is 0. The SMILES string of the molecule is COc1ccc(-c2nn(-c3ccccc3)cc2/C=C/C(=O)Nc2ccccc2C)cc1OC. The lowest BCUT2D eigenvalue weighted by molar-refractivity contribution is -0.111. The van der Waals surface area contributed by atoms with E-state index >= 15 is 0 Å². The Morgan fingerprint density at radius 1 is 0.939 bits per heavy atom. The molecule has 0 unspecified atom stereocenters. The Balaban J connectivity index is 1.70. The number of rotatable bonds is 7. The third-order valence-electron chi connectivity index (χ3n) is 5.24. The van der Waals surface area contributed by atoms with Gasteiger partial charge >= 0.3 is 0 Å². The molecule has 3 aromatic carbocycles.